The molecule has 0 aliphatic heterocycles. The summed E-state index contributed by atoms with van der Waals surface area (Å²) in [7, 11) is 0. The normalized spacial score (nSPS) is 12.8. The highest BCUT2D eigenvalue weighted by Gasteiger charge is 2.26. The summed E-state index contributed by atoms with van der Waals surface area (Å²) in [6.45, 7) is 12.9. The maximum atomic E-state index is 13.2. The van der Waals surface area contributed by atoms with Crippen LogP contribution in [0.3, 0.4) is 0 Å². The van der Waals surface area contributed by atoms with Gasteiger partial charge in [-0.2, -0.15) is 0 Å². The van der Waals surface area contributed by atoms with E-state index < -0.39 is 29.4 Å². The zero-order valence-electron chi connectivity index (χ0n) is 22.5. The van der Waals surface area contributed by atoms with Gasteiger partial charge in [0.05, 0.1) is 31.1 Å². The molecule has 0 fully saturated rings. The predicted octanol–water partition coefficient (Wildman–Crippen LogP) is 5.72. The third-order valence-electron chi connectivity index (χ3n) is 4.36. The van der Waals surface area contributed by atoms with Crippen LogP contribution in [0.5, 0.6) is 0 Å². The molecule has 1 amide bonds. The number of carbonyl (C=O) groups excluding carboxylic acids is 3. The average molecular weight is 533 g/mol. The highest BCUT2D eigenvalue weighted by Crippen LogP contribution is 2.21. The first-order chi connectivity index (χ1) is 17.3. The molecule has 0 aliphatic carbocycles. The number of benzene rings is 1. The second kappa shape index (κ2) is 13.3. The lowest BCUT2D eigenvalue weighted by Crippen LogP contribution is -2.34. The van der Waals surface area contributed by atoms with Gasteiger partial charge < -0.3 is 18.9 Å². The van der Waals surface area contributed by atoms with E-state index in [9.17, 15) is 14.4 Å². The summed E-state index contributed by atoms with van der Waals surface area (Å²) in [5.41, 5.74) is -0.231. The van der Waals surface area contributed by atoms with Crippen molar-refractivity contribution in [3.8, 4) is 0 Å². The Morgan fingerprint density at radius 1 is 1.00 bits per heavy atom. The molecular weight excluding hydrogens is 496 g/mol. The molecule has 0 unspecified atom stereocenters. The minimum Gasteiger partial charge on any atom is -0.462 e. The van der Waals surface area contributed by atoms with Crippen LogP contribution in [0.25, 0.3) is 5.57 Å². The summed E-state index contributed by atoms with van der Waals surface area (Å²) in [4.78, 5) is 42.4. The summed E-state index contributed by atoms with van der Waals surface area (Å²) >= 11 is 1.00. The van der Waals surface area contributed by atoms with Crippen molar-refractivity contribution in [2.75, 3.05) is 13.2 Å². The van der Waals surface area contributed by atoms with Crippen LogP contribution >= 0.6 is 11.3 Å². The molecular formula is C27H36N2O7S. The molecule has 2 aromatic rings. The van der Waals surface area contributed by atoms with Crippen LogP contribution in [0.1, 0.15) is 66.1 Å². The molecule has 1 heterocycles. The number of rotatable bonds is 8. The number of amides is 1. The molecule has 0 aliphatic rings. The van der Waals surface area contributed by atoms with E-state index in [-0.39, 0.29) is 22.7 Å². The first-order valence-corrected chi connectivity index (χ1v) is 12.9. The molecule has 0 saturated heterocycles. The highest BCUT2D eigenvalue weighted by atomic mass is 32.1. The lowest BCUT2D eigenvalue weighted by atomic mass is 10.1. The van der Waals surface area contributed by atoms with Crippen molar-refractivity contribution in [2.45, 2.75) is 72.7 Å². The number of carbonyl (C=O) groups is 3. The Balaban J connectivity index is 2.43. The van der Waals surface area contributed by atoms with Gasteiger partial charge in [0, 0.05) is 5.38 Å². The van der Waals surface area contributed by atoms with E-state index >= 15 is 0 Å². The lowest BCUT2D eigenvalue weighted by molar-refractivity contribution is -0.136. The van der Waals surface area contributed by atoms with Gasteiger partial charge in [0.15, 0.2) is 0 Å². The number of aromatic nitrogens is 1. The number of thiazole rings is 1. The van der Waals surface area contributed by atoms with E-state index in [0.717, 1.165) is 21.5 Å². The zero-order chi connectivity index (χ0) is 27.6. The summed E-state index contributed by atoms with van der Waals surface area (Å²) in [5.74, 6) is -0.621. The van der Waals surface area contributed by atoms with Crippen molar-refractivity contribution in [3.05, 3.63) is 57.8 Å². The zero-order valence-corrected chi connectivity index (χ0v) is 23.3. The molecule has 0 atom stereocenters. The van der Waals surface area contributed by atoms with E-state index in [1.54, 1.807) is 59.9 Å². The molecule has 37 heavy (non-hydrogen) atoms. The second-order valence-corrected chi connectivity index (χ2v) is 10.8. The summed E-state index contributed by atoms with van der Waals surface area (Å²) in [6.07, 6.45) is 0.364. The van der Waals surface area contributed by atoms with Crippen molar-refractivity contribution in [1.29, 1.82) is 0 Å². The number of nitrogens with zero attached hydrogens (tertiary/aromatic N) is 2. The van der Waals surface area contributed by atoms with Gasteiger partial charge in [-0.25, -0.2) is 19.0 Å². The SMILES string of the molecule is CCOC(=O)/C(=C\CCOCc1ccccc1)c1csc(=NC(=O)OC(C)(C)C)n1C(=O)OC(C)(C)C. The van der Waals surface area contributed by atoms with Crippen LogP contribution in [0.4, 0.5) is 9.59 Å². The molecule has 202 valence electrons. The Morgan fingerprint density at radius 2 is 1.65 bits per heavy atom. The van der Waals surface area contributed by atoms with Gasteiger partial charge >= 0.3 is 18.2 Å². The van der Waals surface area contributed by atoms with Crippen molar-refractivity contribution in [2.24, 2.45) is 4.99 Å². The number of ether oxygens (including phenoxy) is 4. The minimum absolute atomic E-state index is 0.00836. The molecule has 10 heteroatoms. The molecule has 0 saturated carbocycles. The minimum atomic E-state index is -0.866. The number of hydrogen-bond donors (Lipinski definition) is 0. The molecule has 1 aromatic heterocycles. The van der Waals surface area contributed by atoms with Gasteiger partial charge in [0.25, 0.3) is 0 Å². The van der Waals surface area contributed by atoms with Crippen molar-refractivity contribution in [3.63, 3.8) is 0 Å². The summed E-state index contributed by atoms with van der Waals surface area (Å²) in [5, 5.41) is 1.56. The van der Waals surface area contributed by atoms with Gasteiger partial charge in [0.2, 0.25) is 4.80 Å². The lowest BCUT2D eigenvalue weighted by Gasteiger charge is -2.20. The van der Waals surface area contributed by atoms with Gasteiger partial charge in [0.1, 0.15) is 11.2 Å². The quantitative estimate of drug-likeness (QED) is 0.185. The van der Waals surface area contributed by atoms with Crippen LogP contribution < -0.4 is 4.80 Å². The van der Waals surface area contributed by atoms with Crippen LogP contribution in [-0.2, 0) is 30.3 Å². The van der Waals surface area contributed by atoms with Crippen LogP contribution in [-0.4, -0.2) is 47.1 Å². The van der Waals surface area contributed by atoms with Gasteiger partial charge in [-0.3, -0.25) is 0 Å². The fraction of sp³-hybridized carbons (Fsp3) is 0.481. The Hall–Kier alpha value is -3.24. The van der Waals surface area contributed by atoms with Crippen molar-refractivity contribution < 1.29 is 33.3 Å². The van der Waals surface area contributed by atoms with Crippen molar-refractivity contribution in [1.82, 2.24) is 4.57 Å². The predicted molar refractivity (Wildman–Crippen MR) is 141 cm³/mol. The fourth-order valence-corrected chi connectivity index (χ4v) is 3.83. The van der Waals surface area contributed by atoms with Gasteiger partial charge in [-0.05, 0) is 60.5 Å². The fourth-order valence-electron chi connectivity index (χ4n) is 2.98. The van der Waals surface area contributed by atoms with E-state index in [4.69, 9.17) is 18.9 Å². The Morgan fingerprint density at radius 3 is 2.24 bits per heavy atom. The topological polar surface area (TPSA) is 105 Å². The van der Waals surface area contributed by atoms with Gasteiger partial charge in [-0.15, -0.1) is 16.3 Å². The summed E-state index contributed by atoms with van der Waals surface area (Å²) in [6, 6.07) is 9.73. The molecule has 9 nitrogen and oxygen atoms in total. The Kier molecular flexibility index (Phi) is 10.8. The maximum Gasteiger partial charge on any atom is 0.436 e. The summed E-state index contributed by atoms with van der Waals surface area (Å²) < 4.78 is 22.9. The third kappa shape index (κ3) is 10.3. The van der Waals surface area contributed by atoms with Crippen LogP contribution in [0, 0.1) is 0 Å². The molecule has 2 rings (SSSR count). The maximum absolute atomic E-state index is 13.2. The first-order valence-electron chi connectivity index (χ1n) is 12.0. The average Bonchev–Trinajstić information content (AvgIpc) is 3.17. The Bertz CT molecular complexity index is 1170. The van der Waals surface area contributed by atoms with E-state index in [1.165, 1.54) is 0 Å². The van der Waals surface area contributed by atoms with E-state index in [0.29, 0.717) is 19.6 Å². The first kappa shape index (κ1) is 30.0. The van der Waals surface area contributed by atoms with Crippen molar-refractivity contribution >= 4 is 35.1 Å². The third-order valence-corrected chi connectivity index (χ3v) is 5.18. The number of hydrogen-bond acceptors (Lipinski definition) is 8. The standard InChI is InChI=1S/C27H36N2O7S/c1-8-34-22(30)20(15-12-16-33-17-19-13-10-9-11-14-19)21-18-37-23(28-24(31)35-26(2,3)4)29(21)25(32)36-27(5,6)7/h9-11,13-15,18H,8,12,16-17H2,1-7H3/b20-15-,28-23?. The molecule has 0 bridgehead atoms. The monoisotopic (exact) mass is 532 g/mol. The highest BCUT2D eigenvalue weighted by molar-refractivity contribution is 7.07. The van der Waals surface area contributed by atoms with Crippen LogP contribution in [0.15, 0.2) is 46.8 Å². The van der Waals surface area contributed by atoms with Gasteiger partial charge in [-0.1, -0.05) is 36.4 Å². The molecule has 1 aromatic carbocycles. The van der Waals surface area contributed by atoms with E-state index in [1.807, 2.05) is 30.3 Å². The smallest absolute Gasteiger partial charge is 0.436 e. The number of esters is 1. The molecule has 0 N–H and O–H groups in total. The molecule has 0 radical (unpaired) electrons. The second-order valence-electron chi connectivity index (χ2n) is 9.98. The largest absolute Gasteiger partial charge is 0.462 e. The Labute approximate surface area is 221 Å². The van der Waals surface area contributed by atoms with Crippen LogP contribution in [0.2, 0.25) is 0 Å². The molecule has 0 spiro atoms. The van der Waals surface area contributed by atoms with E-state index in [2.05, 4.69) is 4.99 Å².